The molecule has 0 saturated carbocycles. The van der Waals surface area contributed by atoms with Crippen molar-refractivity contribution in [2.45, 2.75) is 39.5 Å². The van der Waals surface area contributed by atoms with E-state index in [0.29, 0.717) is 0 Å². The molecule has 68 valence electrons. The van der Waals surface area contributed by atoms with Crippen LogP contribution in [-0.2, 0) is 4.57 Å². The van der Waals surface area contributed by atoms with Gasteiger partial charge in [-0.15, -0.1) is 0 Å². The molecule has 0 aromatic heterocycles. The Bertz CT molecular complexity index is 124. The van der Waals surface area contributed by atoms with Crippen molar-refractivity contribution in [2.75, 3.05) is 12.3 Å². The van der Waals surface area contributed by atoms with E-state index in [0.717, 1.165) is 25.2 Å². The van der Waals surface area contributed by atoms with Gasteiger partial charge in [-0.1, -0.05) is 26.7 Å². The highest BCUT2D eigenvalue weighted by Gasteiger charge is 2.14. The lowest BCUT2D eigenvalue weighted by molar-refractivity contribution is 0.582. The SMILES string of the molecule is CCCCP(=O)(I)CCCC. The van der Waals surface area contributed by atoms with E-state index >= 15 is 0 Å². The molecule has 0 aromatic rings. The third kappa shape index (κ3) is 7.32. The van der Waals surface area contributed by atoms with Gasteiger partial charge in [0.15, 0.2) is 0 Å². The molecule has 0 atom stereocenters. The second kappa shape index (κ2) is 6.47. The molecule has 0 aliphatic heterocycles. The maximum Gasteiger partial charge on any atom is 0.143 e. The second-order valence-electron chi connectivity index (χ2n) is 2.94. The average molecular weight is 288 g/mol. The van der Waals surface area contributed by atoms with E-state index in [-0.39, 0.29) is 0 Å². The Labute approximate surface area is 83.2 Å². The first-order valence-electron chi connectivity index (χ1n) is 4.40. The zero-order valence-corrected chi connectivity index (χ0v) is 10.5. The molecule has 0 spiro atoms. The van der Waals surface area contributed by atoms with E-state index in [2.05, 4.69) is 35.9 Å². The van der Waals surface area contributed by atoms with Crippen LogP contribution in [0, 0.1) is 0 Å². The summed E-state index contributed by atoms with van der Waals surface area (Å²) in [7, 11) is 0. The number of halogens is 1. The Kier molecular flexibility index (Phi) is 7.04. The third-order valence-electron chi connectivity index (χ3n) is 1.69. The van der Waals surface area contributed by atoms with Crippen molar-refractivity contribution in [1.82, 2.24) is 0 Å². The summed E-state index contributed by atoms with van der Waals surface area (Å²) in [5.41, 5.74) is 0. The molecule has 0 heterocycles. The van der Waals surface area contributed by atoms with Crippen molar-refractivity contribution in [3.8, 4) is 0 Å². The molecule has 0 rings (SSSR count). The van der Waals surface area contributed by atoms with Gasteiger partial charge in [-0.25, -0.2) is 0 Å². The molecule has 11 heavy (non-hydrogen) atoms. The van der Waals surface area contributed by atoms with Crippen LogP contribution in [0.2, 0.25) is 0 Å². The molecule has 0 bridgehead atoms. The lowest BCUT2D eigenvalue weighted by Crippen LogP contribution is -1.88. The highest BCUT2D eigenvalue weighted by Crippen LogP contribution is 2.55. The minimum atomic E-state index is -1.76. The molecule has 1 nitrogen and oxygen atoms in total. The molecule has 0 saturated heterocycles. The van der Waals surface area contributed by atoms with E-state index in [1.807, 2.05) is 0 Å². The summed E-state index contributed by atoms with van der Waals surface area (Å²) in [4.78, 5) is -1.76. The number of rotatable bonds is 6. The molecule has 0 unspecified atom stereocenters. The summed E-state index contributed by atoms with van der Waals surface area (Å²) in [6.07, 6.45) is 6.49. The smallest absolute Gasteiger partial charge is 0.143 e. The molecule has 0 aliphatic carbocycles. The molecular formula is C8H18IOP. The van der Waals surface area contributed by atoms with E-state index < -0.39 is 4.78 Å². The van der Waals surface area contributed by atoms with Crippen molar-refractivity contribution in [1.29, 1.82) is 0 Å². The maximum atomic E-state index is 11.7. The van der Waals surface area contributed by atoms with Crippen molar-refractivity contribution >= 4 is 26.8 Å². The molecule has 0 aliphatic rings. The van der Waals surface area contributed by atoms with E-state index in [9.17, 15) is 4.57 Å². The highest BCUT2D eigenvalue weighted by atomic mass is 127. The Morgan fingerprint density at radius 2 is 1.45 bits per heavy atom. The maximum absolute atomic E-state index is 11.7. The predicted octanol–water partition coefficient (Wildman–Crippen LogP) is 4.30. The Balaban J connectivity index is 3.53. The first-order chi connectivity index (χ1) is 5.12. The second-order valence-corrected chi connectivity index (χ2v) is 10.7. The van der Waals surface area contributed by atoms with Crippen LogP contribution in [0.1, 0.15) is 39.5 Å². The lowest BCUT2D eigenvalue weighted by Gasteiger charge is -2.08. The van der Waals surface area contributed by atoms with Crippen molar-refractivity contribution in [3.63, 3.8) is 0 Å². The van der Waals surface area contributed by atoms with Crippen LogP contribution in [0.3, 0.4) is 0 Å². The van der Waals surface area contributed by atoms with Gasteiger partial charge in [0.2, 0.25) is 0 Å². The monoisotopic (exact) mass is 288 g/mol. The number of hydrogen-bond acceptors (Lipinski definition) is 1. The van der Waals surface area contributed by atoms with Crippen LogP contribution in [0.4, 0.5) is 0 Å². The fourth-order valence-electron chi connectivity index (χ4n) is 0.900. The summed E-state index contributed by atoms with van der Waals surface area (Å²) >= 11 is 2.18. The summed E-state index contributed by atoms with van der Waals surface area (Å²) in [6, 6.07) is 0. The molecule has 0 fully saturated rings. The van der Waals surface area contributed by atoms with Crippen LogP contribution < -0.4 is 0 Å². The van der Waals surface area contributed by atoms with Gasteiger partial charge in [-0.3, -0.25) is 0 Å². The van der Waals surface area contributed by atoms with Gasteiger partial charge in [-0.05, 0) is 34.9 Å². The Morgan fingerprint density at radius 3 is 1.73 bits per heavy atom. The molecule has 0 radical (unpaired) electrons. The molecular weight excluding hydrogens is 270 g/mol. The van der Waals surface area contributed by atoms with Gasteiger partial charge in [0.05, 0.1) is 0 Å². The van der Waals surface area contributed by atoms with Gasteiger partial charge in [0, 0.05) is 12.3 Å². The third-order valence-corrected chi connectivity index (χ3v) is 6.55. The average Bonchev–Trinajstić information content (AvgIpc) is 1.97. The normalized spacial score (nSPS) is 11.9. The molecule has 0 aromatic carbocycles. The minimum Gasteiger partial charge on any atom is -0.313 e. The lowest BCUT2D eigenvalue weighted by atomic mass is 10.4. The zero-order valence-electron chi connectivity index (χ0n) is 7.48. The van der Waals surface area contributed by atoms with Crippen LogP contribution >= 0.6 is 26.8 Å². The molecule has 3 heteroatoms. The first kappa shape index (κ1) is 12.0. The highest BCUT2D eigenvalue weighted by molar-refractivity contribution is 14.2. The number of hydrogen-bond donors (Lipinski definition) is 0. The standard InChI is InChI=1S/C8H18IOP/c1-3-5-7-11(9,10)8-6-4-2/h3-8H2,1-2H3. The topological polar surface area (TPSA) is 17.1 Å². The predicted molar refractivity (Wildman–Crippen MR) is 61.2 cm³/mol. The molecule has 0 N–H and O–H groups in total. The first-order valence-corrected chi connectivity index (χ1v) is 9.26. The fraction of sp³-hybridized carbons (Fsp3) is 1.00. The fourth-order valence-corrected chi connectivity index (χ4v) is 4.75. The van der Waals surface area contributed by atoms with E-state index in [1.54, 1.807) is 0 Å². The largest absolute Gasteiger partial charge is 0.313 e. The minimum absolute atomic E-state index is 0.948. The summed E-state index contributed by atoms with van der Waals surface area (Å²) in [5, 5.41) is 0. The van der Waals surface area contributed by atoms with Crippen LogP contribution in [-0.4, -0.2) is 12.3 Å². The molecule has 0 amide bonds. The van der Waals surface area contributed by atoms with Crippen LogP contribution in [0.25, 0.3) is 0 Å². The zero-order chi connectivity index (χ0) is 8.74. The van der Waals surface area contributed by atoms with Crippen LogP contribution in [0.5, 0.6) is 0 Å². The van der Waals surface area contributed by atoms with Crippen LogP contribution in [0.15, 0.2) is 0 Å². The van der Waals surface area contributed by atoms with Gasteiger partial charge >= 0.3 is 0 Å². The summed E-state index contributed by atoms with van der Waals surface area (Å²) in [6.45, 7) is 4.30. The van der Waals surface area contributed by atoms with Crippen molar-refractivity contribution in [2.24, 2.45) is 0 Å². The van der Waals surface area contributed by atoms with Gasteiger partial charge in [0.25, 0.3) is 0 Å². The van der Waals surface area contributed by atoms with E-state index in [4.69, 9.17) is 0 Å². The Morgan fingerprint density at radius 1 is 1.09 bits per heavy atom. The summed E-state index contributed by atoms with van der Waals surface area (Å²) in [5.74, 6) is 0. The van der Waals surface area contributed by atoms with Crippen molar-refractivity contribution < 1.29 is 4.57 Å². The Hall–Kier alpha value is 0.960. The number of unbranched alkanes of at least 4 members (excludes halogenated alkanes) is 2. The van der Waals surface area contributed by atoms with Gasteiger partial charge in [0.1, 0.15) is 4.78 Å². The van der Waals surface area contributed by atoms with Gasteiger partial charge in [-0.2, -0.15) is 0 Å². The quantitative estimate of drug-likeness (QED) is 0.526. The van der Waals surface area contributed by atoms with E-state index in [1.165, 1.54) is 12.8 Å². The van der Waals surface area contributed by atoms with Gasteiger partial charge < -0.3 is 4.57 Å². The summed E-state index contributed by atoms with van der Waals surface area (Å²) < 4.78 is 11.7. The van der Waals surface area contributed by atoms with Crippen molar-refractivity contribution in [3.05, 3.63) is 0 Å².